The minimum atomic E-state index is 0.643. The molecule has 0 aromatic rings. The Kier molecular flexibility index (Phi) is 3.72. The minimum absolute atomic E-state index is 0.643. The molecule has 2 fully saturated rings. The van der Waals surface area contributed by atoms with Crippen LogP contribution < -0.4 is 5.32 Å². The average Bonchev–Trinajstić information content (AvgIpc) is 2.92. The van der Waals surface area contributed by atoms with Crippen LogP contribution in [-0.2, 0) is 0 Å². The van der Waals surface area contributed by atoms with Gasteiger partial charge in [-0.2, -0.15) is 0 Å². The molecule has 1 aliphatic carbocycles. The van der Waals surface area contributed by atoms with Gasteiger partial charge < -0.3 is 10.2 Å². The quantitative estimate of drug-likeness (QED) is 0.574. The Balaban J connectivity index is 1.91. The van der Waals surface area contributed by atoms with E-state index in [2.05, 4.69) is 22.1 Å². The van der Waals surface area contributed by atoms with E-state index in [9.17, 15) is 0 Å². The van der Waals surface area contributed by atoms with E-state index in [4.69, 9.17) is 0 Å². The largest absolute Gasteiger partial charge is 0.356 e. The molecule has 3 nitrogen and oxygen atoms in total. The second kappa shape index (κ2) is 5.07. The summed E-state index contributed by atoms with van der Waals surface area (Å²) in [6, 6.07) is 0. The van der Waals surface area contributed by atoms with Gasteiger partial charge in [-0.25, -0.2) is 0 Å². The zero-order valence-corrected chi connectivity index (χ0v) is 10.8. The fraction of sp³-hybridized carbons (Fsp3) is 0.923. The molecule has 2 rings (SSSR count). The van der Waals surface area contributed by atoms with Crippen molar-refractivity contribution in [2.45, 2.75) is 45.4 Å². The Hall–Kier alpha value is -0.730. The first-order valence-corrected chi connectivity index (χ1v) is 6.75. The van der Waals surface area contributed by atoms with E-state index in [1.54, 1.807) is 0 Å². The highest BCUT2D eigenvalue weighted by Gasteiger charge is 2.40. The Bertz CT molecular complexity index is 254. The van der Waals surface area contributed by atoms with Crippen molar-refractivity contribution in [2.75, 3.05) is 26.7 Å². The molecule has 1 spiro atoms. The molecule has 0 aromatic carbocycles. The summed E-state index contributed by atoms with van der Waals surface area (Å²) in [7, 11) is 1.90. The van der Waals surface area contributed by atoms with Crippen molar-refractivity contribution in [3.8, 4) is 0 Å². The predicted octanol–water partition coefficient (Wildman–Crippen LogP) is 2.24. The first-order valence-electron chi connectivity index (χ1n) is 6.75. The number of hydrogen-bond acceptors (Lipinski definition) is 1. The van der Waals surface area contributed by atoms with Gasteiger partial charge in [0, 0.05) is 26.7 Å². The summed E-state index contributed by atoms with van der Waals surface area (Å²) in [5, 5.41) is 3.44. The topological polar surface area (TPSA) is 27.6 Å². The van der Waals surface area contributed by atoms with Gasteiger partial charge in [0.15, 0.2) is 5.96 Å². The summed E-state index contributed by atoms with van der Waals surface area (Å²) < 4.78 is 0. The van der Waals surface area contributed by atoms with Gasteiger partial charge in [-0.3, -0.25) is 4.99 Å². The lowest BCUT2D eigenvalue weighted by Crippen LogP contribution is -2.41. The molecule has 0 bridgehead atoms. The van der Waals surface area contributed by atoms with Gasteiger partial charge in [-0.05, 0) is 31.1 Å². The Morgan fingerprint density at radius 3 is 2.69 bits per heavy atom. The van der Waals surface area contributed by atoms with Crippen LogP contribution in [0.1, 0.15) is 45.4 Å². The van der Waals surface area contributed by atoms with E-state index in [0.29, 0.717) is 5.41 Å². The Morgan fingerprint density at radius 2 is 2.06 bits per heavy atom. The van der Waals surface area contributed by atoms with Crippen molar-refractivity contribution >= 4 is 5.96 Å². The summed E-state index contributed by atoms with van der Waals surface area (Å²) in [6.07, 6.45) is 8.30. The number of nitrogens with one attached hydrogen (secondary N) is 1. The Labute approximate surface area is 99.3 Å². The van der Waals surface area contributed by atoms with E-state index >= 15 is 0 Å². The molecular formula is C13H25N3. The number of guanidine groups is 1. The number of aliphatic imine (C=N–C) groups is 1. The third-order valence-corrected chi connectivity index (χ3v) is 4.15. The lowest BCUT2D eigenvalue weighted by Gasteiger charge is -2.25. The molecule has 92 valence electrons. The summed E-state index contributed by atoms with van der Waals surface area (Å²) in [4.78, 5) is 6.85. The Morgan fingerprint density at radius 1 is 1.31 bits per heavy atom. The zero-order valence-electron chi connectivity index (χ0n) is 10.8. The molecule has 1 heterocycles. The minimum Gasteiger partial charge on any atom is -0.356 e. The fourth-order valence-electron chi connectivity index (χ4n) is 3.22. The molecule has 0 unspecified atom stereocenters. The standard InChI is InChI=1S/C13H25N3/c1-3-9-15-12(14-2)16-10-8-13(11-16)6-4-5-7-13/h3-11H2,1-2H3,(H,14,15). The first-order chi connectivity index (χ1) is 7.79. The van der Waals surface area contributed by atoms with Crippen molar-refractivity contribution in [1.82, 2.24) is 10.2 Å². The van der Waals surface area contributed by atoms with Crippen molar-refractivity contribution in [1.29, 1.82) is 0 Å². The van der Waals surface area contributed by atoms with Gasteiger partial charge in [0.05, 0.1) is 0 Å². The molecule has 3 heteroatoms. The van der Waals surface area contributed by atoms with Gasteiger partial charge in [-0.15, -0.1) is 0 Å². The van der Waals surface area contributed by atoms with Gasteiger partial charge in [0.2, 0.25) is 0 Å². The van der Waals surface area contributed by atoms with Crippen LogP contribution >= 0.6 is 0 Å². The average molecular weight is 223 g/mol. The normalized spacial score (nSPS) is 24.4. The maximum absolute atomic E-state index is 4.39. The molecule has 1 saturated heterocycles. The molecule has 1 aliphatic heterocycles. The first kappa shape index (κ1) is 11.7. The molecule has 1 N–H and O–H groups in total. The highest BCUT2D eigenvalue weighted by Crippen LogP contribution is 2.45. The van der Waals surface area contributed by atoms with Crippen LogP contribution in [0.3, 0.4) is 0 Å². The summed E-state index contributed by atoms with van der Waals surface area (Å²) >= 11 is 0. The van der Waals surface area contributed by atoms with Crippen LogP contribution in [0.5, 0.6) is 0 Å². The van der Waals surface area contributed by atoms with Gasteiger partial charge in [-0.1, -0.05) is 19.8 Å². The lowest BCUT2D eigenvalue weighted by atomic mass is 9.86. The van der Waals surface area contributed by atoms with Crippen molar-refractivity contribution in [3.05, 3.63) is 0 Å². The van der Waals surface area contributed by atoms with E-state index in [0.717, 1.165) is 18.9 Å². The maximum atomic E-state index is 4.39. The lowest BCUT2D eigenvalue weighted by molar-refractivity contribution is 0.309. The molecule has 1 saturated carbocycles. The second-order valence-electron chi connectivity index (χ2n) is 5.35. The molecule has 0 atom stereocenters. The highest BCUT2D eigenvalue weighted by molar-refractivity contribution is 5.80. The number of hydrogen-bond donors (Lipinski definition) is 1. The predicted molar refractivity (Wildman–Crippen MR) is 68.7 cm³/mol. The molecule has 2 aliphatic rings. The van der Waals surface area contributed by atoms with E-state index in [-0.39, 0.29) is 0 Å². The van der Waals surface area contributed by atoms with Crippen LogP contribution in [0.2, 0.25) is 0 Å². The molecule has 0 amide bonds. The van der Waals surface area contributed by atoms with Gasteiger partial charge in [0.25, 0.3) is 0 Å². The van der Waals surface area contributed by atoms with Crippen LogP contribution in [0.15, 0.2) is 4.99 Å². The van der Waals surface area contributed by atoms with E-state index < -0.39 is 0 Å². The monoisotopic (exact) mass is 223 g/mol. The van der Waals surface area contributed by atoms with E-state index in [1.807, 2.05) is 7.05 Å². The van der Waals surface area contributed by atoms with Crippen LogP contribution in [0.4, 0.5) is 0 Å². The number of likely N-dealkylation sites (tertiary alicyclic amines) is 1. The zero-order chi connectivity index (χ0) is 11.4. The van der Waals surface area contributed by atoms with Crippen LogP contribution in [0, 0.1) is 5.41 Å². The second-order valence-corrected chi connectivity index (χ2v) is 5.35. The molecule has 16 heavy (non-hydrogen) atoms. The third kappa shape index (κ3) is 2.33. The third-order valence-electron chi connectivity index (χ3n) is 4.15. The van der Waals surface area contributed by atoms with Crippen molar-refractivity contribution in [2.24, 2.45) is 10.4 Å². The van der Waals surface area contributed by atoms with Gasteiger partial charge in [0.1, 0.15) is 0 Å². The van der Waals surface area contributed by atoms with E-state index in [1.165, 1.54) is 45.2 Å². The SMILES string of the molecule is CCCNC(=NC)N1CCC2(CCCC2)C1. The summed E-state index contributed by atoms with van der Waals surface area (Å²) in [5.74, 6) is 1.12. The fourth-order valence-corrected chi connectivity index (χ4v) is 3.22. The van der Waals surface area contributed by atoms with Crippen LogP contribution in [0.25, 0.3) is 0 Å². The highest BCUT2D eigenvalue weighted by atomic mass is 15.3. The molecular weight excluding hydrogens is 198 g/mol. The smallest absolute Gasteiger partial charge is 0.193 e. The number of nitrogens with zero attached hydrogens (tertiary/aromatic N) is 2. The van der Waals surface area contributed by atoms with Crippen molar-refractivity contribution < 1.29 is 0 Å². The maximum Gasteiger partial charge on any atom is 0.193 e. The number of rotatable bonds is 2. The molecule has 0 radical (unpaired) electrons. The summed E-state index contributed by atoms with van der Waals surface area (Å²) in [6.45, 7) is 5.67. The molecule has 0 aromatic heterocycles. The van der Waals surface area contributed by atoms with Crippen molar-refractivity contribution in [3.63, 3.8) is 0 Å². The van der Waals surface area contributed by atoms with Crippen LogP contribution in [-0.4, -0.2) is 37.5 Å². The summed E-state index contributed by atoms with van der Waals surface area (Å²) in [5.41, 5.74) is 0.643. The van der Waals surface area contributed by atoms with Gasteiger partial charge >= 0.3 is 0 Å².